The van der Waals surface area contributed by atoms with E-state index in [0.29, 0.717) is 42.5 Å². The first-order chi connectivity index (χ1) is 16.3. The van der Waals surface area contributed by atoms with Gasteiger partial charge in [0, 0.05) is 32.0 Å². The van der Waals surface area contributed by atoms with Crippen molar-refractivity contribution in [1.29, 1.82) is 0 Å². The Labute approximate surface area is 195 Å². The molecule has 2 heterocycles. The van der Waals surface area contributed by atoms with Crippen LogP contribution in [0.4, 0.5) is 19.0 Å². The number of para-hydroxylation sites is 1. The summed E-state index contributed by atoms with van der Waals surface area (Å²) in [6, 6.07) is 12.6. The van der Waals surface area contributed by atoms with Crippen molar-refractivity contribution in [1.82, 2.24) is 15.3 Å². The molecule has 0 bridgehead atoms. The lowest BCUT2D eigenvalue weighted by atomic mass is 9.97. The van der Waals surface area contributed by atoms with Gasteiger partial charge in [-0.2, -0.15) is 13.2 Å². The first-order valence-corrected chi connectivity index (χ1v) is 11.0. The number of ether oxygens (including phenoxy) is 1. The Morgan fingerprint density at radius 1 is 1.15 bits per heavy atom. The van der Waals surface area contributed by atoms with Crippen LogP contribution in [0, 0.1) is 12.8 Å². The maximum atomic E-state index is 12.9. The van der Waals surface area contributed by atoms with Crippen LogP contribution in [0.5, 0.6) is 11.6 Å². The van der Waals surface area contributed by atoms with Gasteiger partial charge in [0.1, 0.15) is 5.75 Å². The van der Waals surface area contributed by atoms with E-state index in [4.69, 9.17) is 4.74 Å². The Morgan fingerprint density at radius 3 is 2.74 bits per heavy atom. The molecule has 0 unspecified atom stereocenters. The lowest BCUT2D eigenvalue weighted by Gasteiger charge is -2.33. The third-order valence-electron chi connectivity index (χ3n) is 5.76. The van der Waals surface area contributed by atoms with Gasteiger partial charge in [-0.05, 0) is 49.1 Å². The number of hydrogen-bond acceptors (Lipinski definition) is 5. The summed E-state index contributed by atoms with van der Waals surface area (Å²) in [5, 5.41) is 2.78. The average Bonchev–Trinajstić information content (AvgIpc) is 2.84. The van der Waals surface area contributed by atoms with Crippen molar-refractivity contribution in [2.45, 2.75) is 32.5 Å². The third-order valence-corrected chi connectivity index (χ3v) is 5.76. The van der Waals surface area contributed by atoms with Gasteiger partial charge < -0.3 is 15.0 Å². The van der Waals surface area contributed by atoms with Gasteiger partial charge in [-0.1, -0.05) is 30.3 Å². The Balaban J connectivity index is 1.42. The molecule has 0 radical (unpaired) electrons. The van der Waals surface area contributed by atoms with Crippen molar-refractivity contribution in [3.05, 3.63) is 77.6 Å². The van der Waals surface area contributed by atoms with E-state index in [1.807, 2.05) is 36.1 Å². The fourth-order valence-electron chi connectivity index (χ4n) is 3.96. The van der Waals surface area contributed by atoms with E-state index in [2.05, 4.69) is 15.3 Å². The molecule has 1 aromatic heterocycles. The molecular formula is C25H25F3N4O2. The van der Waals surface area contributed by atoms with Crippen LogP contribution in [0.3, 0.4) is 0 Å². The zero-order valence-corrected chi connectivity index (χ0v) is 18.7. The highest BCUT2D eigenvalue weighted by molar-refractivity contribution is 5.79. The largest absolute Gasteiger partial charge is 0.436 e. The maximum Gasteiger partial charge on any atom is 0.416 e. The molecule has 3 aromatic rings. The number of halogens is 3. The molecule has 1 aliphatic heterocycles. The predicted octanol–water partition coefficient (Wildman–Crippen LogP) is 5.13. The number of rotatable bonds is 6. The molecule has 9 heteroatoms. The fourth-order valence-corrected chi connectivity index (χ4v) is 3.96. The van der Waals surface area contributed by atoms with Gasteiger partial charge >= 0.3 is 6.18 Å². The van der Waals surface area contributed by atoms with E-state index in [9.17, 15) is 18.0 Å². The molecule has 1 amide bonds. The molecular weight excluding hydrogens is 445 g/mol. The number of nitrogens with one attached hydrogen (secondary N) is 1. The lowest BCUT2D eigenvalue weighted by molar-refractivity contribution is -0.137. The smallest absolute Gasteiger partial charge is 0.416 e. The average molecular weight is 470 g/mol. The standard InChI is InChI=1S/C25H25F3N4O2/c1-17-6-2-3-10-21(17)34-24-22(29-11-12-30-24)32-13-5-8-19(16-32)23(33)31-15-18-7-4-9-20(14-18)25(26,27)28/h2-4,6-7,9-12,14,19H,5,8,13,15-16H2,1H3,(H,31,33)/t19-/m1/s1. The van der Waals surface area contributed by atoms with Crippen LogP contribution in [-0.4, -0.2) is 29.0 Å². The van der Waals surface area contributed by atoms with Crippen molar-refractivity contribution < 1.29 is 22.7 Å². The molecule has 1 aliphatic rings. The van der Waals surface area contributed by atoms with E-state index in [1.165, 1.54) is 6.07 Å². The van der Waals surface area contributed by atoms with Crippen LogP contribution in [-0.2, 0) is 17.5 Å². The summed E-state index contributed by atoms with van der Waals surface area (Å²) >= 11 is 0. The number of hydrogen-bond donors (Lipinski definition) is 1. The summed E-state index contributed by atoms with van der Waals surface area (Å²) in [6.07, 6.45) is 0.164. The van der Waals surface area contributed by atoms with E-state index >= 15 is 0 Å². The number of anilines is 1. The summed E-state index contributed by atoms with van der Waals surface area (Å²) in [5.41, 5.74) is 0.634. The number of carbonyl (C=O) groups is 1. The van der Waals surface area contributed by atoms with Crippen LogP contribution in [0.2, 0.25) is 0 Å². The molecule has 4 rings (SSSR count). The molecule has 6 nitrogen and oxygen atoms in total. The Kier molecular flexibility index (Phi) is 7.00. The number of alkyl halides is 3. The van der Waals surface area contributed by atoms with Crippen LogP contribution in [0.1, 0.15) is 29.5 Å². The summed E-state index contributed by atoms with van der Waals surface area (Å²) in [5.74, 6) is 1.07. The van der Waals surface area contributed by atoms with Gasteiger partial charge in [0.05, 0.1) is 11.5 Å². The highest BCUT2D eigenvalue weighted by atomic mass is 19.4. The van der Waals surface area contributed by atoms with Gasteiger partial charge in [-0.15, -0.1) is 0 Å². The Morgan fingerprint density at radius 2 is 1.94 bits per heavy atom. The second-order valence-corrected chi connectivity index (χ2v) is 8.25. The second-order valence-electron chi connectivity index (χ2n) is 8.25. The normalized spacial score (nSPS) is 16.2. The summed E-state index contributed by atoms with van der Waals surface area (Å²) in [6.45, 7) is 3.08. The number of aryl methyl sites for hydroxylation is 1. The SMILES string of the molecule is Cc1ccccc1Oc1nccnc1N1CCC[C@@H](C(=O)NCc2cccc(C(F)(F)F)c2)C1. The minimum Gasteiger partial charge on any atom is -0.436 e. The predicted molar refractivity (Wildman–Crippen MR) is 122 cm³/mol. The minimum atomic E-state index is -4.42. The number of nitrogens with zero attached hydrogens (tertiary/aromatic N) is 3. The van der Waals surface area contributed by atoms with Gasteiger partial charge in [0.2, 0.25) is 5.91 Å². The zero-order valence-electron chi connectivity index (χ0n) is 18.7. The number of amides is 1. The maximum absolute atomic E-state index is 12.9. The Bertz CT molecular complexity index is 1150. The molecule has 34 heavy (non-hydrogen) atoms. The van der Waals surface area contributed by atoms with Gasteiger partial charge in [-0.3, -0.25) is 4.79 Å². The summed E-state index contributed by atoms with van der Waals surface area (Å²) in [4.78, 5) is 23.6. The van der Waals surface area contributed by atoms with Crippen LogP contribution in [0.25, 0.3) is 0 Å². The summed E-state index contributed by atoms with van der Waals surface area (Å²) in [7, 11) is 0. The van der Waals surface area contributed by atoms with E-state index in [1.54, 1.807) is 18.5 Å². The van der Waals surface area contributed by atoms with E-state index < -0.39 is 11.7 Å². The molecule has 1 atom stereocenters. The molecule has 0 saturated carbocycles. The molecule has 1 fully saturated rings. The van der Waals surface area contributed by atoms with Gasteiger partial charge in [0.15, 0.2) is 5.82 Å². The third kappa shape index (κ3) is 5.65. The van der Waals surface area contributed by atoms with E-state index in [0.717, 1.165) is 24.1 Å². The zero-order chi connectivity index (χ0) is 24.1. The minimum absolute atomic E-state index is 0.0338. The van der Waals surface area contributed by atoms with Crippen LogP contribution < -0.4 is 15.0 Å². The highest BCUT2D eigenvalue weighted by Crippen LogP contribution is 2.32. The lowest BCUT2D eigenvalue weighted by Crippen LogP contribution is -2.43. The topological polar surface area (TPSA) is 67.4 Å². The second kappa shape index (κ2) is 10.1. The van der Waals surface area contributed by atoms with Gasteiger partial charge in [-0.25, -0.2) is 9.97 Å². The molecule has 1 N–H and O–H groups in total. The number of piperidine rings is 1. The molecule has 0 aliphatic carbocycles. The number of aromatic nitrogens is 2. The first-order valence-electron chi connectivity index (χ1n) is 11.0. The molecule has 1 saturated heterocycles. The highest BCUT2D eigenvalue weighted by Gasteiger charge is 2.31. The summed E-state index contributed by atoms with van der Waals surface area (Å²) < 4.78 is 44.8. The molecule has 0 spiro atoms. The Hall–Kier alpha value is -3.62. The van der Waals surface area contributed by atoms with Crippen molar-refractivity contribution >= 4 is 11.7 Å². The fraction of sp³-hybridized carbons (Fsp3) is 0.320. The van der Waals surface area contributed by atoms with Crippen molar-refractivity contribution in [2.24, 2.45) is 5.92 Å². The van der Waals surface area contributed by atoms with Crippen molar-refractivity contribution in [2.75, 3.05) is 18.0 Å². The quantitative estimate of drug-likeness (QED) is 0.541. The monoisotopic (exact) mass is 470 g/mol. The van der Waals surface area contributed by atoms with Gasteiger partial charge in [0.25, 0.3) is 5.88 Å². The van der Waals surface area contributed by atoms with Crippen LogP contribution >= 0.6 is 0 Å². The van der Waals surface area contributed by atoms with Crippen molar-refractivity contribution in [3.63, 3.8) is 0 Å². The van der Waals surface area contributed by atoms with Crippen molar-refractivity contribution in [3.8, 4) is 11.6 Å². The van der Waals surface area contributed by atoms with Crippen LogP contribution in [0.15, 0.2) is 60.9 Å². The first kappa shape index (κ1) is 23.5. The molecule has 2 aromatic carbocycles. The number of benzene rings is 2. The van der Waals surface area contributed by atoms with E-state index in [-0.39, 0.29) is 18.4 Å². The number of carbonyl (C=O) groups excluding carboxylic acids is 1. The molecule has 178 valence electrons.